The Labute approximate surface area is 183 Å². The molecule has 32 heavy (non-hydrogen) atoms. The highest BCUT2D eigenvalue weighted by atomic mass is 16.5. The van der Waals surface area contributed by atoms with Gasteiger partial charge < -0.3 is 19.3 Å². The summed E-state index contributed by atoms with van der Waals surface area (Å²) in [7, 11) is 3.02. The zero-order valence-corrected chi connectivity index (χ0v) is 17.6. The maximum absolute atomic E-state index is 12.6. The van der Waals surface area contributed by atoms with E-state index in [1.807, 2.05) is 30.3 Å². The van der Waals surface area contributed by atoms with Gasteiger partial charge in [-0.1, -0.05) is 35.5 Å². The smallest absolute Gasteiger partial charge is 0.274 e. The van der Waals surface area contributed by atoms with Crippen molar-refractivity contribution in [1.29, 1.82) is 0 Å². The Morgan fingerprint density at radius 3 is 2.69 bits per heavy atom. The maximum atomic E-state index is 12.6. The Morgan fingerprint density at radius 1 is 1.12 bits per heavy atom. The summed E-state index contributed by atoms with van der Waals surface area (Å²) in [5.41, 5.74) is 1.68. The van der Waals surface area contributed by atoms with Crippen LogP contribution in [0.3, 0.4) is 0 Å². The number of amides is 2. The van der Waals surface area contributed by atoms with E-state index in [0.717, 1.165) is 10.6 Å². The molecule has 0 saturated heterocycles. The molecule has 2 heterocycles. The lowest BCUT2D eigenvalue weighted by molar-refractivity contribution is -0.135. The lowest BCUT2D eigenvalue weighted by Crippen LogP contribution is -2.38. The molecule has 0 spiro atoms. The predicted molar refractivity (Wildman–Crippen MR) is 115 cm³/mol. The number of methoxy groups -OCH3 is 2. The van der Waals surface area contributed by atoms with Gasteiger partial charge in [0.25, 0.3) is 5.89 Å². The normalized spacial score (nSPS) is 13.5. The first-order valence-corrected chi connectivity index (χ1v) is 9.86. The van der Waals surface area contributed by atoms with Gasteiger partial charge in [0.1, 0.15) is 23.8 Å². The second kappa shape index (κ2) is 9.29. The number of nitrogens with zero attached hydrogens (tertiary/aromatic N) is 4. The minimum Gasteiger partial charge on any atom is -0.497 e. The fourth-order valence-electron chi connectivity index (χ4n) is 3.16. The number of carbonyl (C=O) groups excluding carboxylic acids is 2. The molecule has 0 aliphatic carbocycles. The quantitative estimate of drug-likeness (QED) is 0.606. The molecule has 10 nitrogen and oxygen atoms in total. The van der Waals surface area contributed by atoms with E-state index >= 15 is 0 Å². The lowest BCUT2D eigenvalue weighted by Gasteiger charge is -2.22. The van der Waals surface area contributed by atoms with Crippen LogP contribution < -0.4 is 14.8 Å². The van der Waals surface area contributed by atoms with Gasteiger partial charge in [0, 0.05) is 24.5 Å². The van der Waals surface area contributed by atoms with Gasteiger partial charge in [0.2, 0.25) is 17.6 Å². The maximum Gasteiger partial charge on any atom is 0.274 e. The fraction of sp³-hybridized carbons (Fsp3) is 0.227. The van der Waals surface area contributed by atoms with Crippen LogP contribution in [0.15, 0.2) is 58.2 Å². The number of ether oxygens (including phenoxy) is 2. The molecule has 2 amide bonds. The second-order valence-corrected chi connectivity index (χ2v) is 6.90. The SMILES string of the molecule is COc1ccc(OC)c(NC(=O)CN2N=C(c3nc(-c4ccccc4)no3)CCC2=O)c1. The van der Waals surface area contributed by atoms with Crippen molar-refractivity contribution >= 4 is 23.2 Å². The molecular formula is C22H21N5O5. The number of benzene rings is 2. The molecule has 1 N–H and O–H groups in total. The van der Waals surface area contributed by atoms with Crippen molar-refractivity contribution in [3.05, 3.63) is 54.4 Å². The largest absolute Gasteiger partial charge is 0.497 e. The van der Waals surface area contributed by atoms with Crippen LogP contribution in [0.2, 0.25) is 0 Å². The summed E-state index contributed by atoms with van der Waals surface area (Å²) in [5, 5.41) is 12.1. The van der Waals surface area contributed by atoms with Crippen molar-refractivity contribution in [2.75, 3.05) is 26.1 Å². The van der Waals surface area contributed by atoms with Gasteiger partial charge in [0.05, 0.1) is 19.9 Å². The van der Waals surface area contributed by atoms with E-state index in [4.69, 9.17) is 14.0 Å². The average molecular weight is 435 g/mol. The Morgan fingerprint density at radius 2 is 1.94 bits per heavy atom. The number of hydrogen-bond acceptors (Lipinski definition) is 8. The number of aromatic nitrogens is 2. The molecule has 1 aliphatic heterocycles. The number of anilines is 1. The standard InChI is InChI=1S/C22H21N5O5/c1-30-15-8-10-18(31-2)17(12-15)23-19(28)13-27-20(29)11-9-16(25-27)22-24-21(26-32-22)14-6-4-3-5-7-14/h3-8,10,12H,9,11,13H2,1-2H3,(H,23,28). The zero-order chi connectivity index (χ0) is 22.5. The van der Waals surface area contributed by atoms with E-state index < -0.39 is 5.91 Å². The summed E-state index contributed by atoms with van der Waals surface area (Å²) in [4.78, 5) is 29.3. The van der Waals surface area contributed by atoms with Crippen LogP contribution in [0.25, 0.3) is 11.4 Å². The molecular weight excluding hydrogens is 414 g/mol. The highest BCUT2D eigenvalue weighted by molar-refractivity contribution is 6.02. The van der Waals surface area contributed by atoms with Crippen LogP contribution in [-0.2, 0) is 9.59 Å². The van der Waals surface area contributed by atoms with Gasteiger partial charge in [0.15, 0.2) is 0 Å². The Kier molecular flexibility index (Phi) is 6.11. The molecule has 2 aromatic carbocycles. The van der Waals surface area contributed by atoms with Crippen molar-refractivity contribution in [2.45, 2.75) is 12.8 Å². The summed E-state index contributed by atoms with van der Waals surface area (Å²) < 4.78 is 15.8. The minimum atomic E-state index is -0.439. The van der Waals surface area contributed by atoms with Crippen molar-refractivity contribution in [1.82, 2.24) is 15.1 Å². The molecule has 0 fully saturated rings. The third kappa shape index (κ3) is 4.59. The van der Waals surface area contributed by atoms with E-state index in [9.17, 15) is 9.59 Å². The average Bonchev–Trinajstić information content (AvgIpc) is 3.31. The summed E-state index contributed by atoms with van der Waals surface area (Å²) >= 11 is 0. The third-order valence-corrected chi connectivity index (χ3v) is 4.78. The van der Waals surface area contributed by atoms with E-state index in [1.54, 1.807) is 18.2 Å². The first-order chi connectivity index (χ1) is 15.6. The van der Waals surface area contributed by atoms with Crippen molar-refractivity contribution in [2.24, 2.45) is 5.10 Å². The van der Waals surface area contributed by atoms with Crippen LogP contribution in [0.4, 0.5) is 5.69 Å². The topological polar surface area (TPSA) is 119 Å². The Hall–Kier alpha value is -4.21. The lowest BCUT2D eigenvalue weighted by atomic mass is 10.1. The van der Waals surface area contributed by atoms with Gasteiger partial charge >= 0.3 is 0 Å². The molecule has 4 rings (SSSR count). The van der Waals surface area contributed by atoms with Crippen LogP contribution >= 0.6 is 0 Å². The Balaban J connectivity index is 1.49. The molecule has 1 aromatic heterocycles. The summed E-state index contributed by atoms with van der Waals surface area (Å²) in [6.45, 7) is -0.275. The fourth-order valence-corrected chi connectivity index (χ4v) is 3.16. The van der Waals surface area contributed by atoms with Gasteiger partial charge in [-0.2, -0.15) is 10.1 Å². The summed E-state index contributed by atoms with van der Waals surface area (Å²) in [6, 6.07) is 14.4. The molecule has 0 unspecified atom stereocenters. The Bertz CT molecular complexity index is 1160. The molecule has 0 atom stereocenters. The molecule has 1 aliphatic rings. The van der Waals surface area contributed by atoms with E-state index in [-0.39, 0.29) is 24.8 Å². The highest BCUT2D eigenvalue weighted by Gasteiger charge is 2.26. The number of nitrogens with one attached hydrogen (secondary N) is 1. The van der Waals surface area contributed by atoms with Crippen LogP contribution in [0.1, 0.15) is 18.7 Å². The first-order valence-electron chi connectivity index (χ1n) is 9.86. The molecule has 10 heteroatoms. The minimum absolute atomic E-state index is 0.178. The summed E-state index contributed by atoms with van der Waals surface area (Å²) in [6.07, 6.45) is 0.523. The molecule has 0 saturated carbocycles. The van der Waals surface area contributed by atoms with Gasteiger partial charge in [-0.05, 0) is 12.1 Å². The molecule has 164 valence electrons. The predicted octanol–water partition coefficient (Wildman–Crippen LogP) is 2.72. The second-order valence-electron chi connectivity index (χ2n) is 6.90. The molecule has 0 bridgehead atoms. The zero-order valence-electron chi connectivity index (χ0n) is 17.6. The van der Waals surface area contributed by atoms with Crippen LogP contribution in [0, 0.1) is 0 Å². The number of rotatable bonds is 7. The van der Waals surface area contributed by atoms with Gasteiger partial charge in [-0.25, -0.2) is 5.01 Å². The van der Waals surface area contributed by atoms with Crippen LogP contribution in [0.5, 0.6) is 11.5 Å². The van der Waals surface area contributed by atoms with Gasteiger partial charge in [-0.3, -0.25) is 9.59 Å². The van der Waals surface area contributed by atoms with Crippen molar-refractivity contribution in [3.63, 3.8) is 0 Å². The highest BCUT2D eigenvalue weighted by Crippen LogP contribution is 2.29. The first kappa shape index (κ1) is 21.0. The van der Waals surface area contributed by atoms with Crippen molar-refractivity contribution in [3.8, 4) is 22.9 Å². The monoisotopic (exact) mass is 435 g/mol. The third-order valence-electron chi connectivity index (χ3n) is 4.78. The number of hydrogen-bond donors (Lipinski definition) is 1. The number of hydrazone groups is 1. The van der Waals surface area contributed by atoms with Crippen LogP contribution in [-0.4, -0.2) is 53.4 Å². The van der Waals surface area contributed by atoms with E-state index in [0.29, 0.717) is 35.1 Å². The molecule has 3 aromatic rings. The summed E-state index contributed by atoms with van der Waals surface area (Å²) in [5.74, 6) is 0.953. The van der Waals surface area contributed by atoms with Crippen molar-refractivity contribution < 1.29 is 23.6 Å². The molecule has 0 radical (unpaired) electrons. The number of carbonyl (C=O) groups is 2. The van der Waals surface area contributed by atoms with E-state index in [1.165, 1.54) is 14.2 Å². The van der Waals surface area contributed by atoms with Gasteiger partial charge in [-0.15, -0.1) is 0 Å². The van der Waals surface area contributed by atoms with E-state index in [2.05, 4.69) is 20.6 Å².